The monoisotopic (exact) mass is 301 g/mol. The minimum atomic E-state index is -4.58. The van der Waals surface area contributed by atoms with Crippen LogP contribution in [-0.4, -0.2) is 11.3 Å². The first-order valence-electron chi connectivity index (χ1n) is 5.60. The molecule has 0 saturated heterocycles. The number of aromatic nitrogens is 1. The van der Waals surface area contributed by atoms with Crippen molar-refractivity contribution < 1.29 is 22.7 Å². The topological polar surface area (TPSA) is 39.2 Å². The first-order chi connectivity index (χ1) is 9.40. The lowest BCUT2D eigenvalue weighted by molar-refractivity contribution is -0.139. The summed E-state index contributed by atoms with van der Waals surface area (Å²) in [5.41, 5.74) is -0.217. The molecule has 0 bridgehead atoms. The lowest BCUT2D eigenvalue weighted by Crippen LogP contribution is -2.09. The van der Waals surface area contributed by atoms with Crippen molar-refractivity contribution in [2.75, 3.05) is 0 Å². The van der Waals surface area contributed by atoms with Crippen LogP contribution in [0.4, 0.5) is 13.2 Å². The van der Waals surface area contributed by atoms with Gasteiger partial charge in [0.25, 0.3) is 0 Å². The van der Waals surface area contributed by atoms with Crippen molar-refractivity contribution in [2.24, 2.45) is 0 Å². The molecule has 2 aromatic rings. The zero-order valence-electron chi connectivity index (χ0n) is 10.4. The Bertz CT molecular complexity index is 622. The second-order valence-corrected chi connectivity index (χ2v) is 4.99. The Labute approximate surface area is 117 Å². The van der Waals surface area contributed by atoms with E-state index in [1.165, 1.54) is 17.4 Å². The van der Waals surface area contributed by atoms with Gasteiger partial charge in [-0.2, -0.15) is 13.2 Å². The number of aryl methyl sites for hydroxylation is 1. The second kappa shape index (κ2) is 5.62. The number of nitrogens with zero attached hydrogens (tertiary/aromatic N) is 1. The van der Waals surface area contributed by atoms with E-state index in [2.05, 4.69) is 4.98 Å². The van der Waals surface area contributed by atoms with Crippen LogP contribution in [0.5, 0.6) is 5.75 Å². The molecule has 0 aliphatic rings. The van der Waals surface area contributed by atoms with Crippen molar-refractivity contribution in [3.8, 4) is 5.75 Å². The molecule has 0 atom stereocenters. The molecule has 0 unspecified atom stereocenters. The SMILES string of the molecule is Cc1csc(COc2ccc(C=O)cc2C(F)(F)F)n1. The first-order valence-corrected chi connectivity index (χ1v) is 6.48. The van der Waals surface area contributed by atoms with Crippen molar-refractivity contribution in [2.45, 2.75) is 19.7 Å². The van der Waals surface area contributed by atoms with Crippen LogP contribution in [-0.2, 0) is 12.8 Å². The zero-order chi connectivity index (χ0) is 14.8. The number of thiazole rings is 1. The molecule has 0 aliphatic heterocycles. The number of hydrogen-bond acceptors (Lipinski definition) is 4. The number of halogens is 3. The van der Waals surface area contributed by atoms with Crippen molar-refractivity contribution in [3.63, 3.8) is 0 Å². The summed E-state index contributed by atoms with van der Waals surface area (Å²) in [5, 5.41) is 2.38. The maximum absolute atomic E-state index is 12.9. The average Bonchev–Trinajstić information content (AvgIpc) is 2.81. The van der Waals surface area contributed by atoms with Crippen molar-refractivity contribution in [1.82, 2.24) is 4.98 Å². The van der Waals surface area contributed by atoms with Crippen LogP contribution in [0.25, 0.3) is 0 Å². The smallest absolute Gasteiger partial charge is 0.419 e. The van der Waals surface area contributed by atoms with Gasteiger partial charge in [0.2, 0.25) is 0 Å². The maximum Gasteiger partial charge on any atom is 0.419 e. The van der Waals surface area contributed by atoms with Gasteiger partial charge < -0.3 is 4.74 Å². The van der Waals surface area contributed by atoms with Gasteiger partial charge in [0.15, 0.2) is 0 Å². The maximum atomic E-state index is 12.9. The summed E-state index contributed by atoms with van der Waals surface area (Å²) >= 11 is 1.32. The number of ether oxygens (including phenoxy) is 1. The fourth-order valence-electron chi connectivity index (χ4n) is 1.58. The van der Waals surface area contributed by atoms with Crippen LogP contribution in [0.1, 0.15) is 26.6 Å². The number of carbonyl (C=O) groups excluding carboxylic acids is 1. The molecule has 106 valence electrons. The van der Waals surface area contributed by atoms with Crippen LogP contribution in [0, 0.1) is 6.92 Å². The Balaban J connectivity index is 2.24. The quantitative estimate of drug-likeness (QED) is 0.805. The molecule has 0 spiro atoms. The molecular formula is C13H10F3NO2S. The molecule has 0 aliphatic carbocycles. The van der Waals surface area contributed by atoms with E-state index in [-0.39, 0.29) is 17.9 Å². The Hall–Kier alpha value is -1.89. The molecule has 0 N–H and O–H groups in total. The third kappa shape index (κ3) is 3.36. The Kier molecular flexibility index (Phi) is 4.08. The highest BCUT2D eigenvalue weighted by atomic mass is 32.1. The van der Waals surface area contributed by atoms with E-state index >= 15 is 0 Å². The number of rotatable bonds is 4. The molecular weight excluding hydrogens is 291 g/mol. The number of hydrogen-bond donors (Lipinski definition) is 0. The molecule has 20 heavy (non-hydrogen) atoms. The van der Waals surface area contributed by atoms with E-state index < -0.39 is 11.7 Å². The van der Waals surface area contributed by atoms with E-state index in [4.69, 9.17) is 4.74 Å². The third-order valence-electron chi connectivity index (χ3n) is 2.46. The molecule has 0 radical (unpaired) electrons. The third-order valence-corrected chi connectivity index (χ3v) is 3.40. The molecule has 2 rings (SSSR count). The number of benzene rings is 1. The first kappa shape index (κ1) is 14.5. The van der Waals surface area contributed by atoms with E-state index in [0.717, 1.165) is 17.8 Å². The summed E-state index contributed by atoms with van der Waals surface area (Å²) < 4.78 is 43.8. The molecule has 0 saturated carbocycles. The predicted octanol–water partition coefficient (Wildman–Crippen LogP) is 3.86. The summed E-state index contributed by atoms with van der Waals surface area (Å²) in [7, 11) is 0. The zero-order valence-corrected chi connectivity index (χ0v) is 11.2. The molecule has 1 heterocycles. The van der Waals surface area contributed by atoms with Gasteiger partial charge in [-0.05, 0) is 25.1 Å². The van der Waals surface area contributed by atoms with E-state index in [1.807, 2.05) is 0 Å². The lowest BCUT2D eigenvalue weighted by Gasteiger charge is -2.13. The van der Waals surface area contributed by atoms with Crippen LogP contribution in [0.15, 0.2) is 23.6 Å². The molecule has 7 heteroatoms. The Morgan fingerprint density at radius 3 is 2.70 bits per heavy atom. The largest absolute Gasteiger partial charge is 0.486 e. The molecule has 3 nitrogen and oxygen atoms in total. The predicted molar refractivity (Wildman–Crippen MR) is 68.0 cm³/mol. The molecule has 0 amide bonds. The summed E-state index contributed by atoms with van der Waals surface area (Å²) in [6.07, 6.45) is -4.21. The van der Waals surface area contributed by atoms with Gasteiger partial charge in [-0.25, -0.2) is 4.98 Å². The van der Waals surface area contributed by atoms with Crippen LogP contribution >= 0.6 is 11.3 Å². The van der Waals surface area contributed by atoms with Gasteiger partial charge in [0, 0.05) is 16.6 Å². The van der Waals surface area contributed by atoms with Gasteiger partial charge in [-0.3, -0.25) is 4.79 Å². The van der Waals surface area contributed by atoms with Crippen molar-refractivity contribution in [3.05, 3.63) is 45.4 Å². The van der Waals surface area contributed by atoms with Crippen molar-refractivity contribution in [1.29, 1.82) is 0 Å². The van der Waals surface area contributed by atoms with Crippen LogP contribution in [0.2, 0.25) is 0 Å². The summed E-state index contributed by atoms with van der Waals surface area (Å²) in [5.74, 6) is -0.309. The lowest BCUT2D eigenvalue weighted by atomic mass is 10.1. The van der Waals surface area contributed by atoms with Gasteiger partial charge in [0.05, 0.1) is 5.56 Å². The number of aldehydes is 1. The van der Waals surface area contributed by atoms with Gasteiger partial charge in [-0.15, -0.1) is 11.3 Å². The number of alkyl halides is 3. The minimum Gasteiger partial charge on any atom is -0.486 e. The average molecular weight is 301 g/mol. The van der Waals surface area contributed by atoms with Crippen molar-refractivity contribution >= 4 is 17.6 Å². The van der Waals surface area contributed by atoms with E-state index in [9.17, 15) is 18.0 Å². The fourth-order valence-corrected chi connectivity index (χ4v) is 2.26. The Morgan fingerprint density at radius 2 is 2.15 bits per heavy atom. The van der Waals surface area contributed by atoms with E-state index in [1.54, 1.807) is 12.3 Å². The highest BCUT2D eigenvalue weighted by Gasteiger charge is 2.34. The summed E-state index contributed by atoms with van der Waals surface area (Å²) in [4.78, 5) is 14.7. The normalized spacial score (nSPS) is 11.4. The van der Waals surface area contributed by atoms with Gasteiger partial charge >= 0.3 is 6.18 Å². The minimum absolute atomic E-state index is 0.0397. The second-order valence-electron chi connectivity index (χ2n) is 4.04. The fraction of sp³-hybridized carbons (Fsp3) is 0.231. The standard InChI is InChI=1S/C13H10F3NO2S/c1-8-7-20-12(17-8)6-19-11-3-2-9(5-18)4-10(11)13(14,15)16/h2-5,7H,6H2,1H3. The molecule has 1 aromatic heterocycles. The molecule has 1 aromatic carbocycles. The summed E-state index contributed by atoms with van der Waals surface area (Å²) in [6.45, 7) is 1.75. The van der Waals surface area contributed by atoms with Gasteiger partial charge in [0.1, 0.15) is 23.7 Å². The number of carbonyl (C=O) groups is 1. The van der Waals surface area contributed by atoms with Gasteiger partial charge in [-0.1, -0.05) is 0 Å². The van der Waals surface area contributed by atoms with Crippen LogP contribution in [0.3, 0.4) is 0 Å². The van der Waals surface area contributed by atoms with E-state index in [0.29, 0.717) is 11.3 Å². The summed E-state index contributed by atoms with van der Waals surface area (Å²) in [6, 6.07) is 3.20. The Morgan fingerprint density at radius 1 is 1.40 bits per heavy atom. The molecule has 0 fully saturated rings. The highest BCUT2D eigenvalue weighted by Crippen LogP contribution is 2.37. The van der Waals surface area contributed by atoms with Crippen LogP contribution < -0.4 is 4.74 Å². The highest BCUT2D eigenvalue weighted by molar-refractivity contribution is 7.09.